The van der Waals surface area contributed by atoms with E-state index in [0.29, 0.717) is 12.4 Å². The Bertz CT molecular complexity index is 558. The van der Waals surface area contributed by atoms with Crippen molar-refractivity contribution in [2.45, 2.75) is 38.3 Å². The summed E-state index contributed by atoms with van der Waals surface area (Å²) in [4.78, 5) is 33.5. The molecule has 1 aromatic heterocycles. The van der Waals surface area contributed by atoms with Gasteiger partial charge in [-0.1, -0.05) is 0 Å². The Morgan fingerprint density at radius 3 is 2.68 bits per heavy atom. The van der Waals surface area contributed by atoms with E-state index in [-0.39, 0.29) is 13.0 Å². The number of aliphatic carboxylic acids is 1. The van der Waals surface area contributed by atoms with Gasteiger partial charge in [-0.05, 0) is 20.8 Å². The second-order valence-corrected chi connectivity index (χ2v) is 6.25. The quantitative estimate of drug-likeness (QED) is 0.859. The standard InChI is InChI=1S/C14H20N4O4/c1-13(2,3)22-12(21)17-14(11(19)20)4-7-18(9-14)10-8-15-5-6-16-10/h5-6,8H,4,7,9H2,1-3H3,(H,17,21)(H,19,20). The smallest absolute Gasteiger partial charge is 0.408 e. The van der Waals surface area contributed by atoms with Gasteiger partial charge >= 0.3 is 12.1 Å². The third-order valence-electron chi connectivity index (χ3n) is 3.29. The lowest BCUT2D eigenvalue weighted by atomic mass is 9.99. The molecule has 0 bridgehead atoms. The van der Waals surface area contributed by atoms with Crippen LogP contribution in [0, 0.1) is 0 Å². The van der Waals surface area contributed by atoms with Crippen LogP contribution in [0.4, 0.5) is 10.6 Å². The average molecular weight is 308 g/mol. The number of rotatable bonds is 3. The van der Waals surface area contributed by atoms with Gasteiger partial charge in [0, 0.05) is 25.4 Å². The zero-order valence-corrected chi connectivity index (χ0v) is 12.9. The highest BCUT2D eigenvalue weighted by Gasteiger charge is 2.47. The van der Waals surface area contributed by atoms with Crippen molar-refractivity contribution in [3.05, 3.63) is 18.6 Å². The van der Waals surface area contributed by atoms with E-state index in [4.69, 9.17) is 4.74 Å². The normalized spacial score (nSPS) is 21.5. The fraction of sp³-hybridized carbons (Fsp3) is 0.571. The van der Waals surface area contributed by atoms with Crippen molar-refractivity contribution in [1.82, 2.24) is 15.3 Å². The highest BCUT2D eigenvalue weighted by molar-refractivity contribution is 5.86. The zero-order valence-electron chi connectivity index (χ0n) is 12.9. The van der Waals surface area contributed by atoms with Gasteiger partial charge in [0.2, 0.25) is 0 Å². The van der Waals surface area contributed by atoms with Crippen LogP contribution in [0.2, 0.25) is 0 Å². The molecular formula is C14H20N4O4. The number of hydrogen-bond acceptors (Lipinski definition) is 6. The molecule has 0 radical (unpaired) electrons. The van der Waals surface area contributed by atoms with Gasteiger partial charge in [0.1, 0.15) is 11.4 Å². The number of alkyl carbamates (subject to hydrolysis) is 1. The molecule has 8 heteroatoms. The van der Waals surface area contributed by atoms with Gasteiger partial charge in [-0.2, -0.15) is 0 Å². The predicted octanol–water partition coefficient (Wildman–Crippen LogP) is 1.03. The number of nitrogens with zero attached hydrogens (tertiary/aromatic N) is 3. The number of carbonyl (C=O) groups is 2. The van der Waals surface area contributed by atoms with Crippen molar-refractivity contribution >= 4 is 17.9 Å². The molecule has 1 unspecified atom stereocenters. The Morgan fingerprint density at radius 1 is 1.41 bits per heavy atom. The van der Waals surface area contributed by atoms with E-state index in [1.807, 2.05) is 0 Å². The second-order valence-electron chi connectivity index (χ2n) is 6.25. The Hall–Kier alpha value is -2.38. The Balaban J connectivity index is 2.11. The number of ether oxygens (including phenoxy) is 1. The largest absolute Gasteiger partial charge is 0.479 e. The third-order valence-corrected chi connectivity index (χ3v) is 3.29. The van der Waals surface area contributed by atoms with Crippen molar-refractivity contribution in [3.8, 4) is 0 Å². The topological polar surface area (TPSA) is 105 Å². The fourth-order valence-electron chi connectivity index (χ4n) is 2.29. The summed E-state index contributed by atoms with van der Waals surface area (Å²) < 4.78 is 5.16. The molecule has 1 aliphatic rings. The summed E-state index contributed by atoms with van der Waals surface area (Å²) >= 11 is 0. The highest BCUT2D eigenvalue weighted by Crippen LogP contribution is 2.26. The molecule has 1 amide bonds. The van der Waals surface area contributed by atoms with Gasteiger partial charge in [-0.15, -0.1) is 0 Å². The lowest BCUT2D eigenvalue weighted by molar-refractivity contribution is -0.143. The molecule has 120 valence electrons. The Morgan fingerprint density at radius 2 is 2.14 bits per heavy atom. The van der Waals surface area contributed by atoms with E-state index in [0.717, 1.165) is 0 Å². The molecule has 2 rings (SSSR count). The number of hydrogen-bond donors (Lipinski definition) is 2. The maximum atomic E-state index is 11.9. The minimum absolute atomic E-state index is 0.111. The van der Waals surface area contributed by atoms with Crippen LogP contribution in [0.3, 0.4) is 0 Å². The number of aromatic nitrogens is 2. The van der Waals surface area contributed by atoms with Crippen LogP contribution in [-0.4, -0.2) is 51.4 Å². The number of carbonyl (C=O) groups excluding carboxylic acids is 1. The van der Waals surface area contributed by atoms with E-state index in [9.17, 15) is 14.7 Å². The van der Waals surface area contributed by atoms with Gasteiger partial charge in [0.15, 0.2) is 5.54 Å². The van der Waals surface area contributed by atoms with Crippen LogP contribution in [-0.2, 0) is 9.53 Å². The predicted molar refractivity (Wildman–Crippen MR) is 78.6 cm³/mol. The minimum Gasteiger partial charge on any atom is -0.479 e. The van der Waals surface area contributed by atoms with Crippen LogP contribution in [0.1, 0.15) is 27.2 Å². The van der Waals surface area contributed by atoms with Gasteiger partial charge in [-0.3, -0.25) is 4.98 Å². The first kappa shape index (κ1) is 16.0. The van der Waals surface area contributed by atoms with Crippen molar-refractivity contribution in [2.24, 2.45) is 0 Å². The summed E-state index contributed by atoms with van der Waals surface area (Å²) in [5.74, 6) is -0.513. The van der Waals surface area contributed by atoms with E-state index in [1.165, 1.54) is 6.20 Å². The minimum atomic E-state index is -1.39. The number of carboxylic acids is 1. The molecule has 0 aliphatic carbocycles. The molecule has 22 heavy (non-hydrogen) atoms. The van der Waals surface area contributed by atoms with Crippen LogP contribution in [0.25, 0.3) is 0 Å². The SMILES string of the molecule is CC(C)(C)OC(=O)NC1(C(=O)O)CCN(c2cnccn2)C1. The second kappa shape index (κ2) is 5.78. The van der Waals surface area contributed by atoms with Gasteiger partial charge < -0.3 is 20.1 Å². The number of anilines is 1. The molecule has 0 spiro atoms. The first-order valence-electron chi connectivity index (χ1n) is 6.97. The van der Waals surface area contributed by atoms with Crippen LogP contribution in [0.15, 0.2) is 18.6 Å². The Labute approximate surface area is 128 Å². The van der Waals surface area contributed by atoms with Gasteiger partial charge in [0.25, 0.3) is 0 Å². The molecule has 1 saturated heterocycles. The fourth-order valence-corrected chi connectivity index (χ4v) is 2.29. The first-order valence-corrected chi connectivity index (χ1v) is 6.97. The van der Waals surface area contributed by atoms with E-state index in [2.05, 4.69) is 15.3 Å². The third kappa shape index (κ3) is 3.63. The lowest BCUT2D eigenvalue weighted by Crippen LogP contribution is -2.57. The molecule has 2 heterocycles. The van der Waals surface area contributed by atoms with E-state index >= 15 is 0 Å². The summed E-state index contributed by atoms with van der Waals surface area (Å²) in [6, 6.07) is 0. The number of amides is 1. The maximum Gasteiger partial charge on any atom is 0.408 e. The molecule has 0 saturated carbocycles. The molecule has 1 aromatic rings. The summed E-state index contributed by atoms with van der Waals surface area (Å²) in [6.45, 7) is 5.74. The summed E-state index contributed by atoms with van der Waals surface area (Å²) in [5.41, 5.74) is -2.08. The van der Waals surface area contributed by atoms with E-state index in [1.54, 1.807) is 38.1 Å². The molecule has 8 nitrogen and oxygen atoms in total. The van der Waals surface area contributed by atoms with Crippen molar-refractivity contribution < 1.29 is 19.4 Å². The van der Waals surface area contributed by atoms with Crippen LogP contribution in [0.5, 0.6) is 0 Å². The summed E-state index contributed by atoms with van der Waals surface area (Å²) in [7, 11) is 0. The van der Waals surface area contributed by atoms with Gasteiger partial charge in [-0.25, -0.2) is 14.6 Å². The molecular weight excluding hydrogens is 288 g/mol. The van der Waals surface area contributed by atoms with Crippen LogP contribution >= 0.6 is 0 Å². The van der Waals surface area contributed by atoms with Crippen molar-refractivity contribution in [1.29, 1.82) is 0 Å². The summed E-state index contributed by atoms with van der Waals surface area (Å²) in [5, 5.41) is 12.0. The van der Waals surface area contributed by atoms with Crippen LogP contribution < -0.4 is 10.2 Å². The molecule has 1 fully saturated rings. The molecule has 1 aliphatic heterocycles. The number of nitrogens with one attached hydrogen (secondary N) is 1. The Kier molecular flexibility index (Phi) is 4.20. The number of carboxylic acid groups (broad SMARTS) is 1. The van der Waals surface area contributed by atoms with E-state index < -0.39 is 23.2 Å². The maximum absolute atomic E-state index is 11.9. The first-order chi connectivity index (χ1) is 10.2. The average Bonchev–Trinajstić information content (AvgIpc) is 2.83. The lowest BCUT2D eigenvalue weighted by Gasteiger charge is -2.28. The highest BCUT2D eigenvalue weighted by atomic mass is 16.6. The monoisotopic (exact) mass is 308 g/mol. The van der Waals surface area contributed by atoms with Crippen molar-refractivity contribution in [2.75, 3.05) is 18.0 Å². The van der Waals surface area contributed by atoms with Gasteiger partial charge in [0.05, 0.1) is 12.7 Å². The summed E-state index contributed by atoms with van der Waals surface area (Å²) in [6.07, 6.45) is 4.17. The molecule has 1 atom stereocenters. The van der Waals surface area contributed by atoms with Crippen molar-refractivity contribution in [3.63, 3.8) is 0 Å². The zero-order chi connectivity index (χ0) is 16.4. The molecule has 2 N–H and O–H groups in total. The molecule has 0 aromatic carbocycles.